The van der Waals surface area contributed by atoms with E-state index >= 15 is 0 Å². The third-order valence-corrected chi connectivity index (χ3v) is 3.93. The first-order valence-corrected chi connectivity index (χ1v) is 8.25. The van der Waals surface area contributed by atoms with Gasteiger partial charge in [0.05, 0.1) is 0 Å². The first-order chi connectivity index (χ1) is 4.95. The molecule has 0 heterocycles. The number of rotatable bonds is 5. The molecule has 5 heteroatoms. The number of hydrogen-bond donors (Lipinski definition) is 0. The summed E-state index contributed by atoms with van der Waals surface area (Å²) in [5.74, 6) is 0. The van der Waals surface area contributed by atoms with E-state index in [9.17, 15) is 4.57 Å². The van der Waals surface area contributed by atoms with Crippen molar-refractivity contribution in [2.75, 3.05) is 6.61 Å². The van der Waals surface area contributed by atoms with Crippen LogP contribution in [0.1, 0.15) is 13.3 Å². The highest BCUT2D eigenvalue weighted by Crippen LogP contribution is 2.28. The molecule has 0 spiro atoms. The Balaban J connectivity index is 3.53. The summed E-state index contributed by atoms with van der Waals surface area (Å²) in [4.78, 5) is 0. The molecule has 0 amide bonds. The van der Waals surface area contributed by atoms with Crippen molar-refractivity contribution in [3.63, 3.8) is 0 Å². The van der Waals surface area contributed by atoms with Gasteiger partial charge < -0.3 is 0 Å². The third kappa shape index (κ3) is 8.14. The van der Waals surface area contributed by atoms with Gasteiger partial charge >= 0.3 is 8.25 Å². The highest BCUT2D eigenvalue weighted by molar-refractivity contribution is 7.35. The summed E-state index contributed by atoms with van der Waals surface area (Å²) in [6.07, 6.45) is 0.871. The van der Waals surface area contributed by atoms with Gasteiger partial charge in [-0.3, -0.25) is 0 Å². The van der Waals surface area contributed by atoms with Crippen LogP contribution in [0.5, 0.6) is 0 Å². The van der Waals surface area contributed by atoms with Crippen molar-refractivity contribution in [2.24, 2.45) is 0 Å². The van der Waals surface area contributed by atoms with Gasteiger partial charge in [0.2, 0.25) is 0 Å². The van der Waals surface area contributed by atoms with Crippen LogP contribution in [0, 0.1) is 0 Å². The summed E-state index contributed by atoms with van der Waals surface area (Å²) in [6, 6.07) is 0. The van der Waals surface area contributed by atoms with Gasteiger partial charge in [-0.05, 0) is 26.1 Å². The molecule has 1 atom stereocenters. The molecule has 0 aromatic rings. The lowest BCUT2D eigenvalue weighted by Crippen LogP contribution is -2.21. The average molecular weight is 195 g/mol. The minimum atomic E-state index is -1.86. The van der Waals surface area contributed by atoms with E-state index in [0.29, 0.717) is 6.61 Å². The quantitative estimate of drug-likeness (QED) is 0.499. The summed E-state index contributed by atoms with van der Waals surface area (Å²) >= 11 is 0. The summed E-state index contributed by atoms with van der Waals surface area (Å²) in [5, 5.41) is 0. The predicted octanol–water partition coefficient (Wildman–Crippen LogP) is 2.92. The second-order valence-electron chi connectivity index (χ2n) is 3.26. The Morgan fingerprint density at radius 3 is 2.27 bits per heavy atom. The van der Waals surface area contributed by atoms with Crippen LogP contribution in [0.25, 0.3) is 0 Å². The van der Waals surface area contributed by atoms with Gasteiger partial charge in [0.25, 0.3) is 8.32 Å². The van der Waals surface area contributed by atoms with Crippen LogP contribution in [-0.2, 0) is 13.3 Å². The highest BCUT2D eigenvalue weighted by Gasteiger charge is 2.31. The second-order valence-corrected chi connectivity index (χ2v) is 8.92. The molecule has 0 aliphatic rings. The zero-order valence-electron chi connectivity index (χ0n) is 7.59. The smallest absolute Gasteiger partial charge is 0.176 e. The fraction of sp³-hybridized carbons (Fsp3) is 1.00. The lowest BCUT2D eigenvalue weighted by molar-refractivity contribution is 0.285. The molecular formula is C6H16O3PSi+. The van der Waals surface area contributed by atoms with Crippen molar-refractivity contribution in [2.45, 2.75) is 33.0 Å². The van der Waals surface area contributed by atoms with Gasteiger partial charge in [0.1, 0.15) is 6.61 Å². The third-order valence-electron chi connectivity index (χ3n) is 0.749. The second kappa shape index (κ2) is 4.98. The zero-order valence-corrected chi connectivity index (χ0v) is 9.48. The van der Waals surface area contributed by atoms with Crippen molar-refractivity contribution >= 4 is 16.6 Å². The van der Waals surface area contributed by atoms with E-state index in [1.807, 2.05) is 26.6 Å². The molecule has 1 unspecified atom stereocenters. The first-order valence-electron chi connectivity index (χ1n) is 3.75. The Morgan fingerprint density at radius 1 is 1.36 bits per heavy atom. The van der Waals surface area contributed by atoms with Crippen molar-refractivity contribution in [3.8, 4) is 0 Å². The van der Waals surface area contributed by atoms with E-state index in [0.717, 1.165) is 6.42 Å². The summed E-state index contributed by atoms with van der Waals surface area (Å²) in [6.45, 7) is 8.43. The van der Waals surface area contributed by atoms with Crippen molar-refractivity contribution in [3.05, 3.63) is 0 Å². The summed E-state index contributed by atoms with van der Waals surface area (Å²) in [7, 11) is -3.54. The monoisotopic (exact) mass is 195 g/mol. The first kappa shape index (κ1) is 11.2. The summed E-state index contributed by atoms with van der Waals surface area (Å²) in [5.41, 5.74) is 0. The van der Waals surface area contributed by atoms with Gasteiger partial charge in [0.15, 0.2) is 0 Å². The topological polar surface area (TPSA) is 35.5 Å². The molecule has 0 saturated carbocycles. The maximum atomic E-state index is 11.0. The molecule has 66 valence electrons. The Hall–Kier alpha value is 0.237. The molecular weight excluding hydrogens is 179 g/mol. The van der Waals surface area contributed by atoms with E-state index < -0.39 is 16.6 Å². The molecule has 0 aromatic heterocycles. The minimum Gasteiger partial charge on any atom is -0.176 e. The standard InChI is InChI=1S/C6H16O3PSi/c1-5-6-8-10(7)9-11(2,3)4/h5-6H2,1-4H3/q+1. The van der Waals surface area contributed by atoms with Gasteiger partial charge in [-0.2, -0.15) is 4.21 Å². The molecule has 0 saturated heterocycles. The van der Waals surface area contributed by atoms with Crippen molar-refractivity contribution < 1.29 is 13.3 Å². The number of hydrogen-bond acceptors (Lipinski definition) is 3. The van der Waals surface area contributed by atoms with Gasteiger partial charge in [0, 0.05) is 4.57 Å². The maximum absolute atomic E-state index is 11.0. The molecule has 0 radical (unpaired) electrons. The van der Waals surface area contributed by atoms with Crippen LogP contribution < -0.4 is 0 Å². The average Bonchev–Trinajstić information content (AvgIpc) is 1.79. The summed E-state index contributed by atoms with van der Waals surface area (Å²) < 4.78 is 21.0. The fourth-order valence-corrected chi connectivity index (χ4v) is 2.75. The van der Waals surface area contributed by atoms with Crippen molar-refractivity contribution in [1.82, 2.24) is 0 Å². The van der Waals surface area contributed by atoms with Crippen LogP contribution in [0.3, 0.4) is 0 Å². The molecule has 0 N–H and O–H groups in total. The molecule has 0 fully saturated rings. The van der Waals surface area contributed by atoms with Crippen LogP contribution in [0.4, 0.5) is 0 Å². The van der Waals surface area contributed by atoms with E-state index in [4.69, 9.17) is 8.74 Å². The normalized spacial score (nSPS) is 13.3. The Bertz CT molecular complexity index is 132. The zero-order chi connectivity index (χ0) is 8.91. The van der Waals surface area contributed by atoms with Crippen LogP contribution in [0.2, 0.25) is 19.6 Å². The molecule has 3 nitrogen and oxygen atoms in total. The lowest BCUT2D eigenvalue weighted by atomic mass is 10.5. The fourth-order valence-electron chi connectivity index (χ4n) is 0.416. The highest BCUT2D eigenvalue weighted by atomic mass is 31.1. The molecule has 11 heavy (non-hydrogen) atoms. The van der Waals surface area contributed by atoms with Crippen LogP contribution in [0.15, 0.2) is 0 Å². The Morgan fingerprint density at radius 2 is 1.91 bits per heavy atom. The van der Waals surface area contributed by atoms with Crippen molar-refractivity contribution in [1.29, 1.82) is 0 Å². The molecule has 0 aromatic carbocycles. The van der Waals surface area contributed by atoms with Crippen LogP contribution >= 0.6 is 8.25 Å². The Kier molecular flexibility index (Phi) is 5.09. The lowest BCUT2D eigenvalue weighted by Gasteiger charge is -2.03. The maximum Gasteiger partial charge on any atom is 0.685 e. The SMILES string of the molecule is CCCO[P+](=O)O[Si](C)(C)C. The largest absolute Gasteiger partial charge is 0.685 e. The predicted molar refractivity (Wildman–Crippen MR) is 48.3 cm³/mol. The van der Waals surface area contributed by atoms with E-state index in [1.54, 1.807) is 0 Å². The molecule has 0 aliphatic heterocycles. The van der Waals surface area contributed by atoms with E-state index in [-0.39, 0.29) is 0 Å². The van der Waals surface area contributed by atoms with E-state index in [1.165, 1.54) is 0 Å². The van der Waals surface area contributed by atoms with Gasteiger partial charge in [-0.25, -0.2) is 0 Å². The Labute approximate surface area is 70.2 Å². The van der Waals surface area contributed by atoms with Gasteiger partial charge in [-0.15, -0.1) is 4.52 Å². The molecule has 0 bridgehead atoms. The molecule has 0 rings (SSSR count). The van der Waals surface area contributed by atoms with Gasteiger partial charge in [-0.1, -0.05) is 6.92 Å². The van der Waals surface area contributed by atoms with Crippen LogP contribution in [-0.4, -0.2) is 14.9 Å². The minimum absolute atomic E-state index is 0.514. The molecule has 0 aliphatic carbocycles. The van der Waals surface area contributed by atoms with E-state index in [2.05, 4.69) is 0 Å².